The van der Waals surface area contributed by atoms with Gasteiger partial charge in [0.05, 0.1) is 10.6 Å². The van der Waals surface area contributed by atoms with Crippen molar-refractivity contribution in [2.24, 2.45) is 0 Å². The number of rotatable bonds is 8. The van der Waals surface area contributed by atoms with Crippen LogP contribution in [0.15, 0.2) is 59.5 Å². The highest BCUT2D eigenvalue weighted by Gasteiger charge is 2.19. The van der Waals surface area contributed by atoms with Gasteiger partial charge in [0.25, 0.3) is 5.91 Å². The van der Waals surface area contributed by atoms with E-state index in [1.807, 2.05) is 6.07 Å². The van der Waals surface area contributed by atoms with Crippen LogP contribution in [0.1, 0.15) is 28.8 Å². The van der Waals surface area contributed by atoms with Crippen molar-refractivity contribution >= 4 is 21.7 Å². The molecule has 0 radical (unpaired) electrons. The van der Waals surface area contributed by atoms with Gasteiger partial charge in [0.2, 0.25) is 0 Å². The number of carbonyl (C=O) groups excluding carboxylic acids is 1. The van der Waals surface area contributed by atoms with Crippen LogP contribution in [0.2, 0.25) is 0 Å². The normalized spacial score (nSPS) is 11.1. The third kappa shape index (κ3) is 5.42. The Morgan fingerprint density at radius 2 is 1.73 bits per heavy atom. The van der Waals surface area contributed by atoms with Crippen LogP contribution in [0.5, 0.6) is 0 Å². The van der Waals surface area contributed by atoms with Crippen LogP contribution in [-0.2, 0) is 20.4 Å². The molecule has 0 atom stereocenters. The fourth-order valence-corrected chi connectivity index (χ4v) is 3.88. The zero-order valence-electron chi connectivity index (χ0n) is 14.5. The summed E-state index contributed by atoms with van der Waals surface area (Å²) in [7, 11) is -2.01. The predicted molar refractivity (Wildman–Crippen MR) is 97.6 cm³/mol. The number of amides is 1. The summed E-state index contributed by atoms with van der Waals surface area (Å²) in [6.07, 6.45) is 0.312. The molecule has 138 valence electrons. The van der Waals surface area contributed by atoms with E-state index in [9.17, 15) is 18.0 Å². The summed E-state index contributed by atoms with van der Waals surface area (Å²) in [5, 5.41) is 8.66. The maximum Gasteiger partial charge on any atom is 0.303 e. The third-order valence-corrected chi connectivity index (χ3v) is 5.56. The van der Waals surface area contributed by atoms with Crippen LogP contribution in [0.4, 0.5) is 0 Å². The molecule has 26 heavy (non-hydrogen) atoms. The molecule has 0 bridgehead atoms. The molecular weight excluding hydrogens is 354 g/mol. The summed E-state index contributed by atoms with van der Waals surface area (Å²) in [5.41, 5.74) is 0.937. The molecule has 0 aromatic heterocycles. The molecule has 0 aliphatic carbocycles. The van der Waals surface area contributed by atoms with Crippen molar-refractivity contribution in [3.8, 4) is 0 Å². The number of hydrogen-bond acceptors (Lipinski definition) is 4. The second-order valence-electron chi connectivity index (χ2n) is 6.00. The summed E-state index contributed by atoms with van der Waals surface area (Å²) in [5.74, 6) is -1.40. The van der Waals surface area contributed by atoms with Crippen LogP contribution >= 0.6 is 0 Å². The van der Waals surface area contributed by atoms with Gasteiger partial charge in [-0.15, -0.1) is 0 Å². The first kappa shape index (κ1) is 19.7. The molecule has 0 heterocycles. The predicted octanol–water partition coefficient (Wildman–Crippen LogP) is 2.60. The van der Waals surface area contributed by atoms with Gasteiger partial charge < -0.3 is 10.0 Å². The molecule has 0 saturated carbocycles. The molecule has 0 unspecified atom stereocenters. The van der Waals surface area contributed by atoms with E-state index < -0.39 is 15.8 Å². The van der Waals surface area contributed by atoms with Gasteiger partial charge in [-0.25, -0.2) is 8.42 Å². The minimum absolute atomic E-state index is 0.0247. The molecule has 7 heteroatoms. The summed E-state index contributed by atoms with van der Waals surface area (Å²) < 4.78 is 25.2. The highest BCUT2D eigenvalue weighted by atomic mass is 32.2. The van der Waals surface area contributed by atoms with Crippen molar-refractivity contribution in [3.63, 3.8) is 0 Å². The van der Waals surface area contributed by atoms with Crippen molar-refractivity contribution in [1.82, 2.24) is 4.90 Å². The SMILES string of the molecule is CN(CCCC(=O)O)C(=O)c1cccc(S(=O)(=O)Cc2ccccc2)c1. The maximum atomic E-state index is 12.6. The van der Waals surface area contributed by atoms with Gasteiger partial charge in [-0.05, 0) is 30.2 Å². The molecule has 2 rings (SSSR count). The second kappa shape index (κ2) is 8.62. The van der Waals surface area contributed by atoms with E-state index >= 15 is 0 Å². The van der Waals surface area contributed by atoms with Gasteiger partial charge in [0.1, 0.15) is 0 Å². The van der Waals surface area contributed by atoms with Crippen LogP contribution in [-0.4, -0.2) is 43.9 Å². The van der Waals surface area contributed by atoms with Gasteiger partial charge in [0, 0.05) is 25.6 Å². The Morgan fingerprint density at radius 1 is 1.04 bits per heavy atom. The Kier molecular flexibility index (Phi) is 6.52. The van der Waals surface area contributed by atoms with E-state index in [0.29, 0.717) is 12.0 Å². The minimum Gasteiger partial charge on any atom is -0.481 e. The number of sulfone groups is 1. The van der Waals surface area contributed by atoms with Crippen LogP contribution in [0.25, 0.3) is 0 Å². The number of carboxylic acid groups (broad SMARTS) is 1. The monoisotopic (exact) mass is 375 g/mol. The first-order chi connectivity index (χ1) is 12.3. The standard InChI is InChI=1S/C19H21NO5S/c1-20(12-6-11-18(21)22)19(23)16-9-5-10-17(13-16)26(24,25)14-15-7-3-2-4-8-15/h2-5,7-10,13H,6,11-12,14H2,1H3,(H,21,22). The lowest BCUT2D eigenvalue weighted by Crippen LogP contribution is -2.28. The van der Waals surface area contributed by atoms with Crippen molar-refractivity contribution in [2.75, 3.05) is 13.6 Å². The van der Waals surface area contributed by atoms with E-state index in [1.165, 1.54) is 23.1 Å². The van der Waals surface area contributed by atoms with Crippen molar-refractivity contribution in [2.45, 2.75) is 23.5 Å². The number of nitrogens with zero attached hydrogens (tertiary/aromatic N) is 1. The third-order valence-electron chi connectivity index (χ3n) is 3.87. The summed E-state index contributed by atoms with van der Waals surface area (Å²) >= 11 is 0. The molecule has 0 aliphatic heterocycles. The fraction of sp³-hybridized carbons (Fsp3) is 0.263. The molecule has 1 N–H and O–H groups in total. The van der Waals surface area contributed by atoms with E-state index in [1.54, 1.807) is 37.4 Å². The zero-order chi connectivity index (χ0) is 19.2. The van der Waals surface area contributed by atoms with Crippen molar-refractivity contribution in [3.05, 3.63) is 65.7 Å². The Bertz CT molecular complexity index is 878. The summed E-state index contributed by atoms with van der Waals surface area (Å²) in [6, 6.07) is 14.8. The molecule has 0 aliphatic rings. The number of benzene rings is 2. The van der Waals surface area contributed by atoms with Gasteiger partial charge in [-0.2, -0.15) is 0 Å². The topological polar surface area (TPSA) is 91.8 Å². The van der Waals surface area contributed by atoms with E-state index in [0.717, 1.165) is 0 Å². The van der Waals surface area contributed by atoms with E-state index in [4.69, 9.17) is 5.11 Å². The molecule has 6 nitrogen and oxygen atoms in total. The van der Waals surface area contributed by atoms with Gasteiger partial charge >= 0.3 is 5.97 Å². The fourth-order valence-electron chi connectivity index (χ4n) is 2.49. The van der Waals surface area contributed by atoms with E-state index in [-0.39, 0.29) is 35.1 Å². The smallest absolute Gasteiger partial charge is 0.303 e. The first-order valence-corrected chi connectivity index (χ1v) is 9.79. The lowest BCUT2D eigenvalue weighted by molar-refractivity contribution is -0.137. The highest BCUT2D eigenvalue weighted by molar-refractivity contribution is 7.90. The van der Waals surface area contributed by atoms with Crippen molar-refractivity contribution < 1.29 is 23.1 Å². The van der Waals surface area contributed by atoms with Gasteiger partial charge in [0.15, 0.2) is 9.84 Å². The number of hydrogen-bond donors (Lipinski definition) is 1. The van der Waals surface area contributed by atoms with Crippen LogP contribution in [0, 0.1) is 0 Å². The highest BCUT2D eigenvalue weighted by Crippen LogP contribution is 2.18. The average Bonchev–Trinajstić information content (AvgIpc) is 2.61. The largest absolute Gasteiger partial charge is 0.481 e. The molecule has 0 fully saturated rings. The Balaban J connectivity index is 2.13. The van der Waals surface area contributed by atoms with Crippen molar-refractivity contribution in [1.29, 1.82) is 0 Å². The van der Waals surface area contributed by atoms with Crippen LogP contribution in [0.3, 0.4) is 0 Å². The van der Waals surface area contributed by atoms with Crippen LogP contribution < -0.4 is 0 Å². The summed E-state index contributed by atoms with van der Waals surface area (Å²) in [4.78, 5) is 24.5. The van der Waals surface area contributed by atoms with Gasteiger partial charge in [-0.3, -0.25) is 9.59 Å². The first-order valence-electron chi connectivity index (χ1n) is 8.13. The van der Waals surface area contributed by atoms with E-state index in [2.05, 4.69) is 0 Å². The molecular formula is C19H21NO5S. The quantitative estimate of drug-likeness (QED) is 0.766. The average molecular weight is 375 g/mol. The molecule has 2 aromatic rings. The number of aliphatic carboxylic acids is 1. The Morgan fingerprint density at radius 3 is 2.38 bits per heavy atom. The maximum absolute atomic E-state index is 12.6. The Labute approximate surface area is 153 Å². The number of carboxylic acids is 1. The second-order valence-corrected chi connectivity index (χ2v) is 7.99. The lowest BCUT2D eigenvalue weighted by atomic mass is 10.2. The molecule has 2 aromatic carbocycles. The lowest BCUT2D eigenvalue weighted by Gasteiger charge is -2.17. The van der Waals surface area contributed by atoms with Gasteiger partial charge in [-0.1, -0.05) is 36.4 Å². The zero-order valence-corrected chi connectivity index (χ0v) is 15.3. The molecule has 1 amide bonds. The molecule has 0 spiro atoms. The molecule has 0 saturated heterocycles. The summed E-state index contributed by atoms with van der Waals surface area (Å²) in [6.45, 7) is 0.284. The minimum atomic E-state index is -3.57. The Hall–Kier alpha value is -2.67. The number of carbonyl (C=O) groups is 2.